The second kappa shape index (κ2) is 6.80. The van der Waals surface area contributed by atoms with E-state index < -0.39 is 0 Å². The van der Waals surface area contributed by atoms with Gasteiger partial charge in [-0.1, -0.05) is 29.8 Å². The van der Waals surface area contributed by atoms with E-state index in [-0.39, 0.29) is 24.2 Å². The first-order valence-corrected chi connectivity index (χ1v) is 7.90. The highest BCUT2D eigenvalue weighted by Gasteiger charge is 2.11. The van der Waals surface area contributed by atoms with E-state index in [9.17, 15) is 9.59 Å². The van der Waals surface area contributed by atoms with E-state index in [1.807, 2.05) is 43.3 Å². The average Bonchev–Trinajstić information content (AvgIpc) is 2.93. The molecular weight excluding hydrogens is 328 g/mol. The lowest BCUT2D eigenvalue weighted by atomic mass is 10.1. The number of rotatable bonds is 5. The van der Waals surface area contributed by atoms with E-state index in [1.54, 1.807) is 6.07 Å². The number of imidazole rings is 1. The molecule has 1 amide bonds. The number of fused-ring (bicyclic) bond motifs is 1. The lowest BCUT2D eigenvalue weighted by molar-refractivity contribution is -0.120. The van der Waals surface area contributed by atoms with Crippen LogP contribution in [0.5, 0.6) is 0 Å². The highest BCUT2D eigenvalue weighted by Crippen LogP contribution is 2.20. The Balaban J connectivity index is 1.62. The lowest BCUT2D eigenvalue weighted by Crippen LogP contribution is -2.32. The predicted octanol–water partition coefficient (Wildman–Crippen LogP) is 2.80. The third kappa shape index (κ3) is 3.60. The molecule has 0 aliphatic heterocycles. The Hall–Kier alpha value is -2.73. The van der Waals surface area contributed by atoms with Gasteiger partial charge in [-0.05, 0) is 36.8 Å². The van der Waals surface area contributed by atoms with Crippen molar-refractivity contribution in [3.63, 3.8) is 0 Å². The smallest absolute Gasteiger partial charge is 0.323 e. The molecule has 0 aliphatic carbocycles. The van der Waals surface area contributed by atoms with Crippen LogP contribution in [-0.4, -0.2) is 22.4 Å². The number of carbonyl (C=O) groups is 1. The first kappa shape index (κ1) is 16.1. The molecule has 3 aromatic rings. The molecule has 124 valence electrons. The highest BCUT2D eigenvalue weighted by molar-refractivity contribution is 6.33. The van der Waals surface area contributed by atoms with Crippen LogP contribution < -0.4 is 16.3 Å². The van der Waals surface area contributed by atoms with E-state index in [2.05, 4.69) is 20.6 Å². The second-order valence-corrected chi connectivity index (χ2v) is 5.91. The summed E-state index contributed by atoms with van der Waals surface area (Å²) < 4.78 is 0. The molecule has 7 heteroatoms. The van der Waals surface area contributed by atoms with Gasteiger partial charge in [0.15, 0.2) is 0 Å². The number of aromatic nitrogens is 2. The van der Waals surface area contributed by atoms with E-state index >= 15 is 0 Å². The molecule has 0 bridgehead atoms. The molecule has 1 aromatic heterocycles. The van der Waals surface area contributed by atoms with Crippen molar-refractivity contribution in [3.05, 3.63) is 63.5 Å². The molecule has 3 rings (SSSR count). The fraction of sp³-hybridized carbons (Fsp3) is 0.176. The third-order valence-corrected chi connectivity index (χ3v) is 4.06. The summed E-state index contributed by atoms with van der Waals surface area (Å²) in [6.07, 6.45) is 0. The molecule has 4 N–H and O–H groups in total. The maximum absolute atomic E-state index is 12.1. The van der Waals surface area contributed by atoms with E-state index in [0.717, 1.165) is 11.1 Å². The highest BCUT2D eigenvalue weighted by atomic mass is 35.5. The Kier molecular flexibility index (Phi) is 4.57. The van der Waals surface area contributed by atoms with Crippen molar-refractivity contribution in [2.75, 3.05) is 11.9 Å². The summed E-state index contributed by atoms with van der Waals surface area (Å²) in [5.41, 5.74) is 2.83. The molecule has 6 nitrogen and oxygen atoms in total. The number of halogens is 1. The molecule has 0 unspecified atom stereocenters. The SMILES string of the molecule is C[C@@H](NC(=O)CNc1ccccc1Cl)c1ccc2[nH]c(=O)[nH]c2c1. The van der Waals surface area contributed by atoms with Crippen LogP contribution in [0, 0.1) is 0 Å². The van der Waals surface area contributed by atoms with E-state index in [0.29, 0.717) is 16.2 Å². The third-order valence-electron chi connectivity index (χ3n) is 3.73. The zero-order valence-corrected chi connectivity index (χ0v) is 13.8. The van der Waals surface area contributed by atoms with Crippen LogP contribution in [0.3, 0.4) is 0 Å². The Labute approximate surface area is 143 Å². The first-order chi connectivity index (χ1) is 11.5. The van der Waals surface area contributed by atoms with Gasteiger partial charge in [-0.25, -0.2) is 4.79 Å². The number of anilines is 1. The van der Waals surface area contributed by atoms with Gasteiger partial charge in [0.2, 0.25) is 5.91 Å². The van der Waals surface area contributed by atoms with Gasteiger partial charge in [0.1, 0.15) is 0 Å². The zero-order chi connectivity index (χ0) is 17.1. The molecule has 1 heterocycles. The normalized spacial score (nSPS) is 12.1. The van der Waals surface area contributed by atoms with Gasteiger partial charge >= 0.3 is 5.69 Å². The van der Waals surface area contributed by atoms with Gasteiger partial charge in [-0.15, -0.1) is 0 Å². The monoisotopic (exact) mass is 344 g/mol. The van der Waals surface area contributed by atoms with Gasteiger partial charge < -0.3 is 20.6 Å². The number of nitrogens with one attached hydrogen (secondary N) is 4. The molecule has 1 atom stereocenters. The quantitative estimate of drug-likeness (QED) is 0.573. The lowest BCUT2D eigenvalue weighted by Gasteiger charge is -2.15. The maximum atomic E-state index is 12.1. The van der Waals surface area contributed by atoms with Crippen molar-refractivity contribution >= 4 is 34.2 Å². The van der Waals surface area contributed by atoms with Crippen LogP contribution in [0.15, 0.2) is 47.3 Å². The number of carbonyl (C=O) groups excluding carboxylic acids is 1. The number of benzene rings is 2. The summed E-state index contributed by atoms with van der Waals surface area (Å²) in [7, 11) is 0. The van der Waals surface area contributed by atoms with Crippen LogP contribution in [0.4, 0.5) is 5.69 Å². The van der Waals surface area contributed by atoms with Gasteiger partial charge in [0.25, 0.3) is 0 Å². The van der Waals surface area contributed by atoms with Crippen LogP contribution in [-0.2, 0) is 4.79 Å². The summed E-state index contributed by atoms with van der Waals surface area (Å²) in [4.78, 5) is 28.8. The fourth-order valence-electron chi connectivity index (χ4n) is 2.48. The van der Waals surface area contributed by atoms with Crippen molar-refractivity contribution in [2.24, 2.45) is 0 Å². The second-order valence-electron chi connectivity index (χ2n) is 5.51. The summed E-state index contributed by atoms with van der Waals surface area (Å²) in [5, 5.41) is 6.49. The van der Waals surface area contributed by atoms with Crippen LogP contribution in [0.2, 0.25) is 5.02 Å². The molecule has 0 fully saturated rings. The van der Waals surface area contributed by atoms with Crippen molar-refractivity contribution in [3.8, 4) is 0 Å². The minimum Gasteiger partial charge on any atom is -0.375 e. The number of H-pyrrole nitrogens is 2. The van der Waals surface area contributed by atoms with Crippen molar-refractivity contribution < 1.29 is 4.79 Å². The minimum absolute atomic E-state index is 0.122. The average molecular weight is 345 g/mol. The Morgan fingerprint density at radius 2 is 1.92 bits per heavy atom. The van der Waals surface area contributed by atoms with E-state index in [1.165, 1.54) is 0 Å². The van der Waals surface area contributed by atoms with Crippen molar-refractivity contribution in [1.29, 1.82) is 0 Å². The van der Waals surface area contributed by atoms with Gasteiger partial charge in [0.05, 0.1) is 34.3 Å². The molecular formula is C17H17ClN4O2. The van der Waals surface area contributed by atoms with Gasteiger partial charge in [-0.3, -0.25) is 4.79 Å². The minimum atomic E-state index is -0.247. The molecule has 0 saturated heterocycles. The Morgan fingerprint density at radius 3 is 2.71 bits per heavy atom. The van der Waals surface area contributed by atoms with Crippen LogP contribution in [0.1, 0.15) is 18.5 Å². The van der Waals surface area contributed by atoms with Crippen molar-refractivity contribution in [1.82, 2.24) is 15.3 Å². The summed E-state index contributed by atoms with van der Waals surface area (Å²) >= 11 is 6.04. The maximum Gasteiger partial charge on any atom is 0.323 e. The number of para-hydroxylation sites is 1. The van der Waals surface area contributed by atoms with Crippen LogP contribution >= 0.6 is 11.6 Å². The predicted molar refractivity (Wildman–Crippen MR) is 95.4 cm³/mol. The van der Waals surface area contributed by atoms with Gasteiger partial charge in [-0.2, -0.15) is 0 Å². The number of amides is 1. The largest absolute Gasteiger partial charge is 0.375 e. The van der Waals surface area contributed by atoms with E-state index in [4.69, 9.17) is 11.6 Å². The standard InChI is InChI=1S/C17H17ClN4O2/c1-10(11-6-7-14-15(8-11)22-17(24)21-14)20-16(23)9-19-13-5-3-2-4-12(13)18/h2-8,10,19H,9H2,1H3,(H,20,23)(H2,21,22,24)/t10-/m1/s1. The van der Waals surface area contributed by atoms with Crippen molar-refractivity contribution in [2.45, 2.75) is 13.0 Å². The number of aromatic amines is 2. The number of hydrogen-bond acceptors (Lipinski definition) is 3. The fourth-order valence-corrected chi connectivity index (χ4v) is 2.68. The molecule has 24 heavy (non-hydrogen) atoms. The molecule has 0 radical (unpaired) electrons. The topological polar surface area (TPSA) is 89.8 Å². The van der Waals surface area contributed by atoms with Crippen LogP contribution in [0.25, 0.3) is 11.0 Å². The molecule has 0 aliphatic rings. The Morgan fingerprint density at radius 1 is 1.17 bits per heavy atom. The summed E-state index contributed by atoms with van der Waals surface area (Å²) in [6.45, 7) is 2.01. The molecule has 0 spiro atoms. The Bertz CT molecular complexity index is 931. The zero-order valence-electron chi connectivity index (χ0n) is 13.0. The summed E-state index contributed by atoms with van der Waals surface area (Å²) in [6, 6.07) is 12.6. The first-order valence-electron chi connectivity index (χ1n) is 7.52. The number of hydrogen-bond donors (Lipinski definition) is 4. The van der Waals surface area contributed by atoms with Gasteiger partial charge in [0, 0.05) is 0 Å². The molecule has 2 aromatic carbocycles. The summed E-state index contributed by atoms with van der Waals surface area (Å²) in [5.74, 6) is -0.148. The molecule has 0 saturated carbocycles.